The molecule has 0 amide bonds. The van der Waals surface area contributed by atoms with Gasteiger partial charge < -0.3 is 4.74 Å². The molecule has 1 fully saturated rings. The molecule has 0 spiro atoms. The van der Waals surface area contributed by atoms with Gasteiger partial charge in [-0.05, 0) is 12.8 Å². The molecule has 0 radical (unpaired) electrons. The summed E-state index contributed by atoms with van der Waals surface area (Å²) in [6, 6.07) is 0. The van der Waals surface area contributed by atoms with Crippen LogP contribution < -0.4 is 0 Å². The summed E-state index contributed by atoms with van der Waals surface area (Å²) in [4.78, 5) is 10.9. The largest absolute Gasteiger partial charge is 0.466 e. The van der Waals surface area contributed by atoms with Crippen molar-refractivity contribution in [2.75, 3.05) is 6.61 Å². The van der Waals surface area contributed by atoms with Crippen LogP contribution in [0.15, 0.2) is 12.2 Å². The summed E-state index contributed by atoms with van der Waals surface area (Å²) in [6.45, 7) is 8.00. The molecular formula is C8H12O2. The number of hydrogen-bond acceptors (Lipinski definition) is 2. The van der Waals surface area contributed by atoms with Gasteiger partial charge in [-0.25, -0.2) is 0 Å². The number of hydrogen-bond donors (Lipinski definition) is 0. The minimum atomic E-state index is -0.111. The summed E-state index contributed by atoms with van der Waals surface area (Å²) in [6.07, 6.45) is 0. The zero-order valence-electron chi connectivity index (χ0n) is 6.39. The van der Waals surface area contributed by atoms with E-state index in [0.717, 1.165) is 5.57 Å². The molecule has 0 aliphatic heterocycles. The van der Waals surface area contributed by atoms with Crippen LogP contribution in [-0.2, 0) is 9.53 Å². The van der Waals surface area contributed by atoms with Crippen molar-refractivity contribution in [1.82, 2.24) is 0 Å². The lowest BCUT2D eigenvalue weighted by Gasteiger charge is -1.96. The molecule has 0 saturated heterocycles. The van der Waals surface area contributed by atoms with Crippen LogP contribution in [0.25, 0.3) is 0 Å². The molecule has 0 bridgehead atoms. The highest BCUT2D eigenvalue weighted by atomic mass is 16.5. The van der Waals surface area contributed by atoms with E-state index in [1.54, 1.807) is 0 Å². The summed E-state index contributed by atoms with van der Waals surface area (Å²) in [5.41, 5.74) is 1.01. The number of carbonyl (C=O) groups is 1. The SMILES string of the molecule is C=C1[C@@H](C(=O)OCC)[C@H]1C. The molecule has 0 unspecified atom stereocenters. The Morgan fingerprint density at radius 1 is 1.80 bits per heavy atom. The summed E-state index contributed by atoms with van der Waals surface area (Å²) in [5, 5.41) is 0. The van der Waals surface area contributed by atoms with Gasteiger partial charge in [0, 0.05) is 0 Å². The first-order chi connectivity index (χ1) is 4.68. The normalized spacial score (nSPS) is 30.0. The highest BCUT2D eigenvalue weighted by molar-refractivity contribution is 5.81. The second kappa shape index (κ2) is 2.45. The molecule has 0 aromatic heterocycles. The van der Waals surface area contributed by atoms with E-state index in [2.05, 4.69) is 6.58 Å². The molecule has 2 nitrogen and oxygen atoms in total. The van der Waals surface area contributed by atoms with Crippen LogP contribution >= 0.6 is 0 Å². The van der Waals surface area contributed by atoms with Crippen LogP contribution in [0.1, 0.15) is 13.8 Å². The van der Waals surface area contributed by atoms with E-state index >= 15 is 0 Å². The molecule has 0 aromatic rings. The molecule has 2 heteroatoms. The Morgan fingerprint density at radius 3 is 2.60 bits per heavy atom. The quantitative estimate of drug-likeness (QED) is 0.427. The molecule has 0 aromatic carbocycles. The second-order valence-corrected chi connectivity index (χ2v) is 2.59. The maximum absolute atomic E-state index is 10.9. The van der Waals surface area contributed by atoms with Gasteiger partial charge in [0.1, 0.15) is 0 Å². The monoisotopic (exact) mass is 140 g/mol. The lowest BCUT2D eigenvalue weighted by atomic mass is 10.3. The Hall–Kier alpha value is -0.790. The van der Waals surface area contributed by atoms with E-state index in [-0.39, 0.29) is 11.9 Å². The van der Waals surface area contributed by atoms with E-state index in [0.29, 0.717) is 12.5 Å². The third-order valence-corrected chi connectivity index (χ3v) is 1.92. The average molecular weight is 140 g/mol. The Bertz CT molecular complexity index is 172. The van der Waals surface area contributed by atoms with E-state index in [9.17, 15) is 4.79 Å². The highest BCUT2D eigenvalue weighted by Gasteiger charge is 2.45. The molecule has 0 heterocycles. The number of carbonyl (C=O) groups excluding carboxylic acids is 1. The highest BCUT2D eigenvalue weighted by Crippen LogP contribution is 2.44. The third kappa shape index (κ3) is 1.06. The third-order valence-electron chi connectivity index (χ3n) is 1.92. The average Bonchev–Trinajstić information content (AvgIpc) is 2.42. The number of rotatable bonds is 2. The zero-order valence-corrected chi connectivity index (χ0v) is 6.39. The summed E-state index contributed by atoms with van der Waals surface area (Å²) in [5.74, 6) is 0.235. The van der Waals surface area contributed by atoms with Crippen LogP contribution in [0.5, 0.6) is 0 Å². The first kappa shape index (κ1) is 7.32. The first-order valence-corrected chi connectivity index (χ1v) is 3.53. The van der Waals surface area contributed by atoms with Crippen molar-refractivity contribution < 1.29 is 9.53 Å². The fourth-order valence-electron chi connectivity index (χ4n) is 1.05. The predicted molar refractivity (Wildman–Crippen MR) is 38.4 cm³/mol. The second-order valence-electron chi connectivity index (χ2n) is 2.59. The topological polar surface area (TPSA) is 26.3 Å². The van der Waals surface area contributed by atoms with Crippen molar-refractivity contribution in [2.24, 2.45) is 11.8 Å². The lowest BCUT2D eigenvalue weighted by molar-refractivity contribution is -0.144. The Balaban J connectivity index is 2.38. The van der Waals surface area contributed by atoms with Crippen molar-refractivity contribution in [3.8, 4) is 0 Å². The van der Waals surface area contributed by atoms with Gasteiger partial charge in [-0.3, -0.25) is 4.79 Å². The Kier molecular flexibility index (Phi) is 1.79. The number of ether oxygens (including phenoxy) is 1. The van der Waals surface area contributed by atoms with Gasteiger partial charge in [-0.15, -0.1) is 0 Å². The Morgan fingerprint density at radius 2 is 2.30 bits per heavy atom. The van der Waals surface area contributed by atoms with Crippen LogP contribution in [0, 0.1) is 11.8 Å². The summed E-state index contributed by atoms with van der Waals surface area (Å²) < 4.78 is 4.81. The molecule has 10 heavy (non-hydrogen) atoms. The fourth-order valence-corrected chi connectivity index (χ4v) is 1.05. The molecule has 56 valence electrons. The van der Waals surface area contributed by atoms with Gasteiger partial charge in [0.15, 0.2) is 0 Å². The number of esters is 1. The minimum Gasteiger partial charge on any atom is -0.466 e. The van der Waals surface area contributed by atoms with Crippen molar-refractivity contribution >= 4 is 5.97 Å². The standard InChI is InChI=1S/C8H12O2/c1-4-10-8(9)7-5(2)6(7)3/h6-7H,2,4H2,1,3H3/t6-,7+/m0/s1. The van der Waals surface area contributed by atoms with Gasteiger partial charge in [-0.2, -0.15) is 0 Å². The molecule has 1 aliphatic rings. The van der Waals surface area contributed by atoms with Crippen molar-refractivity contribution in [2.45, 2.75) is 13.8 Å². The van der Waals surface area contributed by atoms with Gasteiger partial charge in [0.2, 0.25) is 0 Å². The molecule has 0 N–H and O–H groups in total. The molecule has 1 rings (SSSR count). The lowest BCUT2D eigenvalue weighted by Crippen LogP contribution is -2.06. The van der Waals surface area contributed by atoms with Crippen LogP contribution in [0.3, 0.4) is 0 Å². The maximum Gasteiger partial charge on any atom is 0.313 e. The van der Waals surface area contributed by atoms with Crippen molar-refractivity contribution in [1.29, 1.82) is 0 Å². The smallest absolute Gasteiger partial charge is 0.313 e. The first-order valence-electron chi connectivity index (χ1n) is 3.53. The van der Waals surface area contributed by atoms with Gasteiger partial charge in [0.05, 0.1) is 12.5 Å². The molecule has 2 atom stereocenters. The molecule has 1 aliphatic carbocycles. The predicted octanol–water partition coefficient (Wildman–Crippen LogP) is 1.37. The van der Waals surface area contributed by atoms with E-state index in [4.69, 9.17) is 4.74 Å². The van der Waals surface area contributed by atoms with Crippen LogP contribution in [-0.4, -0.2) is 12.6 Å². The fraction of sp³-hybridized carbons (Fsp3) is 0.625. The molecule has 1 saturated carbocycles. The Labute approximate surface area is 60.9 Å². The van der Waals surface area contributed by atoms with Gasteiger partial charge in [-0.1, -0.05) is 19.1 Å². The minimum absolute atomic E-state index is 0.0000463. The van der Waals surface area contributed by atoms with Crippen LogP contribution in [0.2, 0.25) is 0 Å². The van der Waals surface area contributed by atoms with Crippen LogP contribution in [0.4, 0.5) is 0 Å². The summed E-state index contributed by atoms with van der Waals surface area (Å²) >= 11 is 0. The van der Waals surface area contributed by atoms with E-state index < -0.39 is 0 Å². The zero-order chi connectivity index (χ0) is 7.72. The van der Waals surface area contributed by atoms with Gasteiger partial charge in [0.25, 0.3) is 0 Å². The maximum atomic E-state index is 10.9. The van der Waals surface area contributed by atoms with Crippen molar-refractivity contribution in [3.05, 3.63) is 12.2 Å². The summed E-state index contributed by atoms with van der Waals surface area (Å²) in [7, 11) is 0. The van der Waals surface area contributed by atoms with Crippen molar-refractivity contribution in [3.63, 3.8) is 0 Å². The van der Waals surface area contributed by atoms with Gasteiger partial charge >= 0.3 is 5.97 Å². The van der Waals surface area contributed by atoms with E-state index in [1.165, 1.54) is 0 Å². The van der Waals surface area contributed by atoms with E-state index in [1.807, 2.05) is 13.8 Å². The molecular weight excluding hydrogens is 128 g/mol.